The molecule has 1 fully saturated rings. The van der Waals surface area contributed by atoms with Crippen LogP contribution >= 0.6 is 0 Å². The maximum atomic E-state index is 13.6. The first-order valence-corrected chi connectivity index (χ1v) is 5.53. The van der Waals surface area contributed by atoms with Crippen molar-refractivity contribution in [1.82, 2.24) is 0 Å². The average molecular weight is 192 g/mol. The van der Waals surface area contributed by atoms with Gasteiger partial charge in [-0.15, -0.1) is 0 Å². The van der Waals surface area contributed by atoms with Crippen LogP contribution < -0.4 is 0 Å². The third kappa shape index (κ3) is 1.97. The van der Waals surface area contributed by atoms with Gasteiger partial charge in [-0.2, -0.15) is 0 Å². The molecule has 1 aliphatic rings. The van der Waals surface area contributed by atoms with E-state index in [1.54, 1.807) is 6.07 Å². The molecule has 0 radical (unpaired) electrons. The van der Waals surface area contributed by atoms with Crippen LogP contribution in [-0.2, 0) is 0 Å². The van der Waals surface area contributed by atoms with Crippen molar-refractivity contribution in [2.75, 3.05) is 0 Å². The van der Waals surface area contributed by atoms with Gasteiger partial charge in [0.25, 0.3) is 0 Å². The molecule has 0 unspecified atom stereocenters. The minimum absolute atomic E-state index is 0.0116. The molecular weight excluding hydrogens is 175 g/mol. The molecule has 0 nitrogen and oxygen atoms in total. The second-order valence-electron chi connectivity index (χ2n) is 4.36. The average Bonchev–Trinajstić information content (AvgIpc) is 2.23. The van der Waals surface area contributed by atoms with Crippen LogP contribution in [0.15, 0.2) is 18.2 Å². The first kappa shape index (κ1) is 9.70. The van der Waals surface area contributed by atoms with Gasteiger partial charge >= 0.3 is 0 Å². The lowest BCUT2D eigenvalue weighted by atomic mass is 9.83. The third-order valence-electron chi connectivity index (χ3n) is 3.20. The number of hydrogen-bond donors (Lipinski definition) is 0. The summed E-state index contributed by atoms with van der Waals surface area (Å²) in [6.45, 7) is 2.03. The molecule has 1 aliphatic carbocycles. The van der Waals surface area contributed by atoms with Crippen LogP contribution in [0.1, 0.15) is 49.1 Å². The highest BCUT2D eigenvalue weighted by molar-refractivity contribution is 5.27. The van der Waals surface area contributed by atoms with Crippen molar-refractivity contribution >= 4 is 0 Å². The summed E-state index contributed by atoms with van der Waals surface area (Å²) in [7, 11) is 0. The van der Waals surface area contributed by atoms with E-state index in [4.69, 9.17) is 0 Å². The van der Waals surface area contributed by atoms with Crippen LogP contribution in [0.3, 0.4) is 0 Å². The fraction of sp³-hybridized carbons (Fsp3) is 0.538. The van der Waals surface area contributed by atoms with Crippen molar-refractivity contribution in [3.8, 4) is 0 Å². The Bertz CT molecular complexity index is 311. The van der Waals surface area contributed by atoms with Gasteiger partial charge in [0, 0.05) is 0 Å². The van der Waals surface area contributed by atoms with Crippen molar-refractivity contribution in [2.45, 2.75) is 44.9 Å². The van der Waals surface area contributed by atoms with E-state index in [0.717, 1.165) is 5.56 Å². The van der Waals surface area contributed by atoms with Gasteiger partial charge < -0.3 is 0 Å². The molecule has 1 aromatic carbocycles. The van der Waals surface area contributed by atoms with Crippen LogP contribution in [0.25, 0.3) is 0 Å². The van der Waals surface area contributed by atoms with E-state index in [-0.39, 0.29) is 5.82 Å². The molecule has 0 amide bonds. The Morgan fingerprint density at radius 3 is 2.57 bits per heavy atom. The number of rotatable bonds is 1. The zero-order valence-electron chi connectivity index (χ0n) is 8.72. The highest BCUT2D eigenvalue weighted by Crippen LogP contribution is 2.34. The summed E-state index contributed by atoms with van der Waals surface area (Å²) in [6.07, 6.45) is 6.18. The molecule has 1 aromatic rings. The van der Waals surface area contributed by atoms with Gasteiger partial charge in [-0.3, -0.25) is 0 Å². The van der Waals surface area contributed by atoms with E-state index in [9.17, 15) is 4.39 Å². The summed E-state index contributed by atoms with van der Waals surface area (Å²) >= 11 is 0. The Hall–Kier alpha value is -0.850. The lowest BCUT2D eigenvalue weighted by Crippen LogP contribution is -2.06. The molecule has 0 atom stereocenters. The normalized spacial score (nSPS) is 18.4. The number of halogens is 1. The summed E-state index contributed by atoms with van der Waals surface area (Å²) in [5, 5.41) is 0. The van der Waals surface area contributed by atoms with E-state index >= 15 is 0 Å². The second kappa shape index (κ2) is 4.12. The van der Waals surface area contributed by atoms with E-state index in [1.165, 1.54) is 37.7 Å². The maximum absolute atomic E-state index is 13.6. The molecule has 1 saturated carbocycles. The highest BCUT2D eigenvalue weighted by atomic mass is 19.1. The number of hydrogen-bond acceptors (Lipinski definition) is 0. The van der Waals surface area contributed by atoms with Crippen molar-refractivity contribution in [2.24, 2.45) is 0 Å². The van der Waals surface area contributed by atoms with Gasteiger partial charge in [0.1, 0.15) is 5.82 Å². The SMILES string of the molecule is Cc1ccc(F)c(C2CCCCC2)c1. The molecule has 76 valence electrons. The molecule has 2 rings (SSSR count). The molecule has 0 bridgehead atoms. The molecule has 1 heteroatoms. The number of aryl methyl sites for hydroxylation is 1. The predicted molar refractivity (Wildman–Crippen MR) is 57.0 cm³/mol. The van der Waals surface area contributed by atoms with Crippen molar-refractivity contribution in [3.05, 3.63) is 35.1 Å². The smallest absolute Gasteiger partial charge is 0.126 e. The van der Waals surface area contributed by atoms with Gasteiger partial charge in [0.2, 0.25) is 0 Å². The Kier molecular flexibility index (Phi) is 2.85. The van der Waals surface area contributed by atoms with Crippen molar-refractivity contribution in [3.63, 3.8) is 0 Å². The van der Waals surface area contributed by atoms with E-state index in [1.807, 2.05) is 19.1 Å². The predicted octanol–water partition coefficient (Wildman–Crippen LogP) is 4.18. The summed E-state index contributed by atoms with van der Waals surface area (Å²) < 4.78 is 13.6. The van der Waals surface area contributed by atoms with E-state index in [0.29, 0.717) is 5.92 Å². The van der Waals surface area contributed by atoms with Crippen LogP contribution in [0, 0.1) is 12.7 Å². The molecule has 14 heavy (non-hydrogen) atoms. The first-order chi connectivity index (χ1) is 6.77. The summed E-state index contributed by atoms with van der Waals surface area (Å²) in [5.74, 6) is 0.464. The van der Waals surface area contributed by atoms with Gasteiger partial charge in [-0.1, -0.05) is 37.0 Å². The quantitative estimate of drug-likeness (QED) is 0.626. The number of benzene rings is 1. The summed E-state index contributed by atoms with van der Waals surface area (Å²) in [6, 6.07) is 5.48. The monoisotopic (exact) mass is 192 g/mol. The van der Waals surface area contributed by atoms with Crippen molar-refractivity contribution in [1.29, 1.82) is 0 Å². The zero-order valence-corrected chi connectivity index (χ0v) is 8.72. The fourth-order valence-electron chi connectivity index (χ4n) is 2.39. The van der Waals surface area contributed by atoms with Gasteiger partial charge in [0.05, 0.1) is 0 Å². The minimum atomic E-state index is -0.0116. The Morgan fingerprint density at radius 1 is 1.14 bits per heavy atom. The van der Waals surface area contributed by atoms with Crippen LogP contribution in [-0.4, -0.2) is 0 Å². The topological polar surface area (TPSA) is 0 Å². The van der Waals surface area contributed by atoms with Crippen LogP contribution in [0.2, 0.25) is 0 Å². The lowest BCUT2D eigenvalue weighted by molar-refractivity contribution is 0.429. The molecule has 0 heterocycles. The second-order valence-corrected chi connectivity index (χ2v) is 4.36. The Morgan fingerprint density at radius 2 is 1.86 bits per heavy atom. The highest BCUT2D eigenvalue weighted by Gasteiger charge is 2.18. The standard InChI is InChI=1S/C13H17F/c1-10-7-8-13(14)12(9-10)11-5-3-2-4-6-11/h7-9,11H,2-6H2,1H3. The largest absolute Gasteiger partial charge is 0.207 e. The first-order valence-electron chi connectivity index (χ1n) is 5.53. The summed E-state index contributed by atoms with van der Waals surface area (Å²) in [5.41, 5.74) is 2.12. The molecule has 0 aliphatic heterocycles. The third-order valence-corrected chi connectivity index (χ3v) is 3.20. The fourth-order valence-corrected chi connectivity index (χ4v) is 2.39. The van der Waals surface area contributed by atoms with Crippen LogP contribution in [0.4, 0.5) is 4.39 Å². The van der Waals surface area contributed by atoms with E-state index < -0.39 is 0 Å². The Balaban J connectivity index is 2.24. The van der Waals surface area contributed by atoms with Crippen molar-refractivity contribution < 1.29 is 4.39 Å². The Labute approximate surface area is 85.1 Å². The van der Waals surface area contributed by atoms with Gasteiger partial charge in [-0.05, 0) is 37.3 Å². The minimum Gasteiger partial charge on any atom is -0.207 e. The molecule has 0 aromatic heterocycles. The van der Waals surface area contributed by atoms with E-state index in [2.05, 4.69) is 0 Å². The molecule has 0 spiro atoms. The summed E-state index contributed by atoms with van der Waals surface area (Å²) in [4.78, 5) is 0. The zero-order chi connectivity index (χ0) is 9.97. The van der Waals surface area contributed by atoms with Crippen LogP contribution in [0.5, 0.6) is 0 Å². The van der Waals surface area contributed by atoms with Gasteiger partial charge in [-0.25, -0.2) is 4.39 Å². The molecular formula is C13H17F. The van der Waals surface area contributed by atoms with Gasteiger partial charge in [0.15, 0.2) is 0 Å². The maximum Gasteiger partial charge on any atom is 0.126 e. The molecule has 0 saturated heterocycles. The lowest BCUT2D eigenvalue weighted by Gasteiger charge is -2.22. The molecule has 0 N–H and O–H groups in total.